The van der Waals surface area contributed by atoms with Crippen molar-refractivity contribution >= 4 is 24.4 Å². The average molecular weight is 544 g/mol. The summed E-state index contributed by atoms with van der Waals surface area (Å²) in [7, 11) is -2.38. The summed E-state index contributed by atoms with van der Waals surface area (Å²) in [5, 5.41) is 13.0. The second-order valence-electron chi connectivity index (χ2n) is 10.7. The SMILES string of the molecule is CC(C)(C)OC(=O)N1CCCO[C@H](C(=O)N[C@H](C#N)Cc2ccc(-c3ccc(P(C)(C)=O)cc3)cc2F)C1. The van der Waals surface area contributed by atoms with E-state index >= 15 is 0 Å². The van der Waals surface area contributed by atoms with E-state index in [0.717, 1.165) is 10.9 Å². The van der Waals surface area contributed by atoms with Crippen LogP contribution in [0, 0.1) is 17.1 Å². The van der Waals surface area contributed by atoms with Gasteiger partial charge in [0.15, 0.2) is 6.10 Å². The lowest BCUT2D eigenvalue weighted by atomic mass is 10.00. The van der Waals surface area contributed by atoms with Crippen molar-refractivity contribution in [2.45, 2.75) is 51.4 Å². The van der Waals surface area contributed by atoms with Gasteiger partial charge in [-0.1, -0.05) is 36.4 Å². The summed E-state index contributed by atoms with van der Waals surface area (Å²) in [6.07, 6.45) is -1.00. The van der Waals surface area contributed by atoms with E-state index in [1.165, 1.54) is 11.0 Å². The van der Waals surface area contributed by atoms with Gasteiger partial charge in [0.2, 0.25) is 0 Å². The Bertz CT molecular complexity index is 1250. The zero-order chi connectivity index (χ0) is 28.1. The van der Waals surface area contributed by atoms with E-state index in [1.807, 2.05) is 6.07 Å². The van der Waals surface area contributed by atoms with Gasteiger partial charge in [0, 0.05) is 24.9 Å². The van der Waals surface area contributed by atoms with Crippen LogP contribution in [0.15, 0.2) is 42.5 Å². The number of ether oxygens (including phenoxy) is 2. The minimum atomic E-state index is -2.38. The number of rotatable bonds is 6. The Balaban J connectivity index is 1.65. The highest BCUT2D eigenvalue weighted by Crippen LogP contribution is 2.35. The maximum absolute atomic E-state index is 15.0. The van der Waals surface area contributed by atoms with Gasteiger partial charge in [-0.25, -0.2) is 9.18 Å². The topological polar surface area (TPSA) is 109 Å². The van der Waals surface area contributed by atoms with E-state index in [9.17, 15) is 23.8 Å². The van der Waals surface area contributed by atoms with Crippen molar-refractivity contribution in [3.8, 4) is 17.2 Å². The highest BCUT2D eigenvalue weighted by molar-refractivity contribution is 7.70. The number of carbonyl (C=O) groups is 2. The zero-order valence-electron chi connectivity index (χ0n) is 22.5. The molecule has 0 spiro atoms. The molecule has 3 rings (SSSR count). The number of benzene rings is 2. The van der Waals surface area contributed by atoms with Crippen molar-refractivity contribution in [1.29, 1.82) is 5.26 Å². The van der Waals surface area contributed by atoms with E-state index in [2.05, 4.69) is 5.32 Å². The van der Waals surface area contributed by atoms with Crippen molar-refractivity contribution in [3.63, 3.8) is 0 Å². The molecule has 8 nitrogen and oxygen atoms in total. The summed E-state index contributed by atoms with van der Waals surface area (Å²) in [6.45, 7) is 9.33. The van der Waals surface area contributed by atoms with Crippen molar-refractivity contribution in [3.05, 3.63) is 53.8 Å². The fourth-order valence-corrected chi connectivity index (χ4v) is 4.86. The van der Waals surface area contributed by atoms with Crippen molar-refractivity contribution < 1.29 is 28.0 Å². The summed E-state index contributed by atoms with van der Waals surface area (Å²) >= 11 is 0. The molecule has 1 aliphatic heterocycles. The molecule has 2 amide bonds. The lowest BCUT2D eigenvalue weighted by Crippen LogP contribution is -2.48. The average Bonchev–Trinajstić information content (AvgIpc) is 3.10. The van der Waals surface area contributed by atoms with E-state index in [0.29, 0.717) is 18.5 Å². The molecule has 1 saturated heterocycles. The fourth-order valence-electron chi connectivity index (χ4n) is 3.99. The lowest BCUT2D eigenvalue weighted by Gasteiger charge is -2.27. The second-order valence-corrected chi connectivity index (χ2v) is 14.0. The van der Waals surface area contributed by atoms with Crippen LogP contribution in [0.1, 0.15) is 32.8 Å². The standard InChI is InChI=1S/C28H35FN3O5P/c1-28(2,3)37-27(34)32-13-6-14-36-25(18-32)26(33)31-22(17-30)15-21-8-7-20(16-24(21)29)19-9-11-23(12-10-19)38(4,5)35/h7-12,16,22,25H,6,13-15,18H2,1-5H3,(H,31,33)/t22-,25-/m0/s1. The number of nitriles is 1. The Morgan fingerprint density at radius 3 is 2.45 bits per heavy atom. The molecule has 0 radical (unpaired) electrons. The van der Waals surface area contributed by atoms with Crippen LogP contribution in [0.2, 0.25) is 0 Å². The molecule has 0 unspecified atom stereocenters. The number of hydrogen-bond donors (Lipinski definition) is 1. The molecular weight excluding hydrogens is 508 g/mol. The smallest absolute Gasteiger partial charge is 0.410 e. The highest BCUT2D eigenvalue weighted by Gasteiger charge is 2.31. The Hall–Kier alpha value is -3.21. The van der Waals surface area contributed by atoms with Gasteiger partial charge < -0.3 is 24.3 Å². The van der Waals surface area contributed by atoms with E-state index in [4.69, 9.17) is 9.47 Å². The van der Waals surface area contributed by atoms with Gasteiger partial charge in [0.1, 0.15) is 24.6 Å². The third-order valence-electron chi connectivity index (χ3n) is 5.99. The van der Waals surface area contributed by atoms with Gasteiger partial charge in [0.05, 0.1) is 12.6 Å². The number of halogens is 1. The summed E-state index contributed by atoms with van der Waals surface area (Å²) in [4.78, 5) is 26.8. The van der Waals surface area contributed by atoms with Gasteiger partial charge in [-0.2, -0.15) is 5.26 Å². The normalized spacial score (nSPS) is 17.2. The van der Waals surface area contributed by atoms with Gasteiger partial charge in [-0.3, -0.25) is 4.79 Å². The molecular formula is C28H35FN3O5P. The van der Waals surface area contributed by atoms with Gasteiger partial charge >= 0.3 is 6.09 Å². The molecule has 0 aromatic heterocycles. The molecule has 1 fully saturated rings. The van der Waals surface area contributed by atoms with Crippen LogP contribution in [0.3, 0.4) is 0 Å². The number of carbonyl (C=O) groups excluding carboxylic acids is 2. The second kappa shape index (κ2) is 12.1. The molecule has 2 aromatic carbocycles. The molecule has 1 aliphatic rings. The zero-order valence-corrected chi connectivity index (χ0v) is 23.4. The molecule has 204 valence electrons. The van der Waals surface area contributed by atoms with Crippen molar-refractivity contribution in [2.24, 2.45) is 0 Å². The van der Waals surface area contributed by atoms with Gasteiger partial charge in [0.25, 0.3) is 5.91 Å². The van der Waals surface area contributed by atoms with E-state index < -0.39 is 42.7 Å². The number of nitrogens with one attached hydrogen (secondary N) is 1. The first-order valence-corrected chi connectivity index (χ1v) is 15.1. The van der Waals surface area contributed by atoms with Crippen LogP contribution >= 0.6 is 7.14 Å². The maximum Gasteiger partial charge on any atom is 0.410 e. The van der Waals surface area contributed by atoms with Crippen LogP contribution in [0.5, 0.6) is 0 Å². The molecule has 1 N–H and O–H groups in total. The Morgan fingerprint density at radius 1 is 1.21 bits per heavy atom. The first kappa shape index (κ1) is 29.3. The van der Waals surface area contributed by atoms with Crippen LogP contribution < -0.4 is 10.6 Å². The highest BCUT2D eigenvalue weighted by atomic mass is 31.2. The lowest BCUT2D eigenvalue weighted by molar-refractivity contribution is -0.133. The number of nitrogens with zero attached hydrogens (tertiary/aromatic N) is 2. The predicted molar refractivity (Wildman–Crippen MR) is 144 cm³/mol. The fraction of sp³-hybridized carbons (Fsp3) is 0.464. The Labute approximate surface area is 223 Å². The number of hydrogen-bond acceptors (Lipinski definition) is 6. The Morgan fingerprint density at radius 2 is 1.87 bits per heavy atom. The molecule has 10 heteroatoms. The molecule has 2 atom stereocenters. The molecule has 0 saturated carbocycles. The largest absolute Gasteiger partial charge is 0.444 e. The van der Waals surface area contributed by atoms with E-state index in [-0.39, 0.29) is 25.1 Å². The summed E-state index contributed by atoms with van der Waals surface area (Å²) in [5.41, 5.74) is 1.02. The minimum absolute atomic E-state index is 0.00768. The minimum Gasteiger partial charge on any atom is -0.444 e. The summed E-state index contributed by atoms with van der Waals surface area (Å²) in [6, 6.07) is 12.9. The molecule has 2 aromatic rings. The molecule has 0 aliphatic carbocycles. The van der Waals surface area contributed by atoms with Crippen molar-refractivity contribution in [2.75, 3.05) is 33.0 Å². The first-order valence-electron chi connectivity index (χ1n) is 12.5. The van der Waals surface area contributed by atoms with Crippen LogP contribution in [0.25, 0.3) is 11.1 Å². The monoisotopic (exact) mass is 543 g/mol. The predicted octanol–water partition coefficient (Wildman–Crippen LogP) is 4.32. The third-order valence-corrected chi connectivity index (χ3v) is 7.54. The molecule has 1 heterocycles. The Kier molecular flexibility index (Phi) is 9.35. The summed E-state index contributed by atoms with van der Waals surface area (Å²) < 4.78 is 38.2. The van der Waals surface area contributed by atoms with E-state index in [1.54, 1.807) is 70.5 Å². The third kappa shape index (κ3) is 8.14. The van der Waals surface area contributed by atoms with Gasteiger partial charge in [-0.05, 0) is 63.3 Å². The first-order chi connectivity index (χ1) is 17.8. The van der Waals surface area contributed by atoms with Crippen molar-refractivity contribution in [1.82, 2.24) is 10.2 Å². The number of amides is 2. The van der Waals surface area contributed by atoms with Crippen LogP contribution in [-0.2, 0) is 25.3 Å². The quantitative estimate of drug-likeness (QED) is 0.544. The van der Waals surface area contributed by atoms with Crippen LogP contribution in [-0.4, -0.2) is 67.7 Å². The summed E-state index contributed by atoms with van der Waals surface area (Å²) in [5.74, 6) is -1.05. The molecule has 0 bridgehead atoms. The van der Waals surface area contributed by atoms with Gasteiger partial charge in [-0.15, -0.1) is 0 Å². The molecule has 38 heavy (non-hydrogen) atoms. The maximum atomic E-state index is 15.0. The van der Waals surface area contributed by atoms with Crippen LogP contribution in [0.4, 0.5) is 9.18 Å².